The molecule has 0 saturated carbocycles. The van der Waals surface area contributed by atoms with Crippen LogP contribution in [0.5, 0.6) is 0 Å². The van der Waals surface area contributed by atoms with E-state index in [4.69, 9.17) is 4.74 Å². The normalized spacial score (nSPS) is 15.9. The Balaban J connectivity index is 1.59. The number of nitrogens with one attached hydrogen (secondary N) is 2. The zero-order chi connectivity index (χ0) is 21.9. The van der Waals surface area contributed by atoms with Gasteiger partial charge in [0, 0.05) is 35.3 Å². The van der Waals surface area contributed by atoms with Gasteiger partial charge >= 0.3 is 0 Å². The van der Waals surface area contributed by atoms with Crippen LogP contribution in [0.25, 0.3) is 21.7 Å². The van der Waals surface area contributed by atoms with Gasteiger partial charge in [-0.25, -0.2) is 13.2 Å². The highest BCUT2D eigenvalue weighted by Crippen LogP contribution is 2.34. The van der Waals surface area contributed by atoms with E-state index in [2.05, 4.69) is 9.97 Å². The Kier molecular flexibility index (Phi) is 4.37. The van der Waals surface area contributed by atoms with Gasteiger partial charge in [-0.05, 0) is 29.7 Å². The Bertz CT molecular complexity index is 1390. The number of fused-ring (bicyclic) bond motifs is 4. The molecule has 1 amide bonds. The first-order valence-corrected chi connectivity index (χ1v) is 9.50. The van der Waals surface area contributed by atoms with Crippen molar-refractivity contribution in [1.82, 2.24) is 14.9 Å². The summed E-state index contributed by atoms with van der Waals surface area (Å²) >= 11 is 0. The summed E-state index contributed by atoms with van der Waals surface area (Å²) in [6, 6.07) is 6.82. The first-order chi connectivity index (χ1) is 14.8. The third kappa shape index (κ3) is 3.09. The van der Waals surface area contributed by atoms with Crippen molar-refractivity contribution in [2.24, 2.45) is 0 Å². The second kappa shape index (κ2) is 6.98. The maximum atomic E-state index is 13.7. The van der Waals surface area contributed by atoms with Crippen LogP contribution in [-0.4, -0.2) is 34.4 Å². The fourth-order valence-electron chi connectivity index (χ4n) is 4.10. The molecular formula is C22H16F3N3O3. The first kappa shape index (κ1) is 19.4. The summed E-state index contributed by atoms with van der Waals surface area (Å²) in [5.41, 5.74) is 1.19. The number of carbonyl (C=O) groups excluding carboxylic acids is 1. The number of hydrogen-bond acceptors (Lipinski definition) is 3. The summed E-state index contributed by atoms with van der Waals surface area (Å²) < 4.78 is 46.3. The molecule has 6 nitrogen and oxygen atoms in total. The lowest BCUT2D eigenvalue weighted by atomic mass is 9.95. The Morgan fingerprint density at radius 2 is 1.84 bits per heavy atom. The fourth-order valence-corrected chi connectivity index (χ4v) is 4.10. The molecule has 0 bridgehead atoms. The van der Waals surface area contributed by atoms with E-state index in [1.54, 1.807) is 7.05 Å². The van der Waals surface area contributed by atoms with Crippen molar-refractivity contribution in [3.63, 3.8) is 0 Å². The van der Waals surface area contributed by atoms with Crippen LogP contribution in [-0.2, 0) is 11.3 Å². The number of amides is 1. The Morgan fingerprint density at radius 3 is 2.65 bits per heavy atom. The largest absolute Gasteiger partial charge is 0.373 e. The predicted molar refractivity (Wildman–Crippen MR) is 107 cm³/mol. The number of aromatic nitrogens is 2. The molecule has 3 heterocycles. The molecule has 5 rings (SSSR count). The van der Waals surface area contributed by atoms with Gasteiger partial charge in [0.05, 0.1) is 24.6 Å². The second-order valence-corrected chi connectivity index (χ2v) is 7.52. The number of rotatable bonds is 2. The quantitative estimate of drug-likeness (QED) is 0.511. The van der Waals surface area contributed by atoms with Crippen LogP contribution in [0.2, 0.25) is 0 Å². The SMILES string of the molecule is CN(C(=O)c1cc2cc(F)c(F)cc2[nH]1)[C@H]1COCc2[nH]c(=O)c3cc(F)ccc3c21. The molecule has 0 unspecified atom stereocenters. The lowest BCUT2D eigenvalue weighted by Gasteiger charge is -2.33. The molecule has 0 fully saturated rings. The molecule has 0 spiro atoms. The number of benzene rings is 2. The van der Waals surface area contributed by atoms with Crippen molar-refractivity contribution in [2.45, 2.75) is 12.6 Å². The maximum Gasteiger partial charge on any atom is 0.270 e. The van der Waals surface area contributed by atoms with E-state index in [9.17, 15) is 22.8 Å². The van der Waals surface area contributed by atoms with Crippen molar-refractivity contribution >= 4 is 27.6 Å². The van der Waals surface area contributed by atoms with E-state index in [1.807, 2.05) is 0 Å². The topological polar surface area (TPSA) is 78.2 Å². The van der Waals surface area contributed by atoms with Crippen LogP contribution in [0.1, 0.15) is 27.8 Å². The fraction of sp³-hybridized carbons (Fsp3) is 0.182. The second-order valence-electron chi connectivity index (χ2n) is 7.52. The highest BCUT2D eigenvalue weighted by Gasteiger charge is 2.31. The lowest BCUT2D eigenvalue weighted by Crippen LogP contribution is -2.37. The van der Waals surface area contributed by atoms with Gasteiger partial charge in [0.25, 0.3) is 11.5 Å². The molecule has 2 aromatic carbocycles. The van der Waals surface area contributed by atoms with Crippen molar-refractivity contribution in [1.29, 1.82) is 0 Å². The van der Waals surface area contributed by atoms with Crippen LogP contribution < -0.4 is 5.56 Å². The van der Waals surface area contributed by atoms with Crippen LogP contribution in [0, 0.1) is 17.5 Å². The molecule has 0 aliphatic carbocycles. The number of halogens is 3. The van der Waals surface area contributed by atoms with E-state index in [0.717, 1.165) is 18.2 Å². The smallest absolute Gasteiger partial charge is 0.270 e. The monoisotopic (exact) mass is 427 g/mol. The van der Waals surface area contributed by atoms with Crippen molar-refractivity contribution in [2.75, 3.05) is 13.7 Å². The Labute approximate surface area is 173 Å². The summed E-state index contributed by atoms with van der Waals surface area (Å²) in [7, 11) is 1.57. The summed E-state index contributed by atoms with van der Waals surface area (Å²) in [6.07, 6.45) is 0. The molecule has 1 aliphatic heterocycles. The zero-order valence-electron chi connectivity index (χ0n) is 16.3. The average Bonchev–Trinajstić information content (AvgIpc) is 3.15. The number of nitrogens with zero attached hydrogens (tertiary/aromatic N) is 1. The van der Waals surface area contributed by atoms with Gasteiger partial charge in [-0.2, -0.15) is 0 Å². The van der Waals surface area contributed by atoms with Gasteiger partial charge in [0.1, 0.15) is 11.5 Å². The highest BCUT2D eigenvalue weighted by atomic mass is 19.2. The van der Waals surface area contributed by atoms with Crippen molar-refractivity contribution in [3.8, 4) is 0 Å². The van der Waals surface area contributed by atoms with Crippen molar-refractivity contribution < 1.29 is 22.7 Å². The number of ether oxygens (including phenoxy) is 1. The van der Waals surface area contributed by atoms with E-state index in [0.29, 0.717) is 27.5 Å². The molecule has 158 valence electrons. The predicted octanol–water partition coefficient (Wildman–Crippen LogP) is 3.77. The third-order valence-electron chi connectivity index (χ3n) is 5.64. The van der Waals surface area contributed by atoms with Gasteiger partial charge in [0.2, 0.25) is 0 Å². The van der Waals surface area contributed by atoms with Crippen LogP contribution in [0.4, 0.5) is 13.2 Å². The molecule has 2 aromatic heterocycles. The summed E-state index contributed by atoms with van der Waals surface area (Å²) in [4.78, 5) is 32.5. The van der Waals surface area contributed by atoms with Gasteiger partial charge < -0.3 is 19.6 Å². The summed E-state index contributed by atoms with van der Waals surface area (Å²) in [5, 5.41) is 1.08. The van der Waals surface area contributed by atoms with Gasteiger partial charge in [-0.15, -0.1) is 0 Å². The average molecular weight is 427 g/mol. The molecule has 9 heteroatoms. The van der Waals surface area contributed by atoms with Crippen LogP contribution in [0.3, 0.4) is 0 Å². The van der Waals surface area contributed by atoms with E-state index in [-0.39, 0.29) is 24.3 Å². The van der Waals surface area contributed by atoms with E-state index >= 15 is 0 Å². The van der Waals surface area contributed by atoms with Crippen molar-refractivity contribution in [3.05, 3.63) is 81.2 Å². The molecular weight excluding hydrogens is 411 g/mol. The molecule has 0 saturated heterocycles. The molecule has 2 N–H and O–H groups in total. The Morgan fingerprint density at radius 1 is 1.06 bits per heavy atom. The molecule has 1 aliphatic rings. The highest BCUT2D eigenvalue weighted by molar-refractivity contribution is 5.98. The van der Waals surface area contributed by atoms with Gasteiger partial charge in [0.15, 0.2) is 11.6 Å². The molecule has 4 aromatic rings. The minimum atomic E-state index is -1.01. The number of likely N-dealkylation sites (N-methyl/N-ethyl adjacent to an activating group) is 1. The maximum absolute atomic E-state index is 13.7. The van der Waals surface area contributed by atoms with Gasteiger partial charge in [-0.1, -0.05) is 6.07 Å². The van der Waals surface area contributed by atoms with E-state index in [1.165, 1.54) is 23.1 Å². The number of carbonyl (C=O) groups is 1. The summed E-state index contributed by atoms with van der Waals surface area (Å²) in [6.45, 7) is 0.318. The third-order valence-corrected chi connectivity index (χ3v) is 5.64. The molecule has 0 radical (unpaired) electrons. The van der Waals surface area contributed by atoms with Gasteiger partial charge in [-0.3, -0.25) is 9.59 Å². The minimum absolute atomic E-state index is 0.148. The molecule has 31 heavy (non-hydrogen) atoms. The zero-order valence-corrected chi connectivity index (χ0v) is 16.3. The van der Waals surface area contributed by atoms with Crippen LogP contribution in [0.15, 0.2) is 41.2 Å². The lowest BCUT2D eigenvalue weighted by molar-refractivity contribution is 0.0333. The van der Waals surface area contributed by atoms with Crippen LogP contribution >= 0.6 is 0 Å². The standard InChI is InChI=1S/C22H16F3N3O3/c1-28(22(30)17-5-10-4-14(24)15(25)7-16(10)26-17)19-9-31-8-18-20(19)12-3-2-11(23)6-13(12)21(29)27-18/h2-7,19,26H,8-9H2,1H3,(H,27,29)/t19-/m0/s1. The number of aromatic amines is 2. The number of pyridine rings is 1. The number of H-pyrrole nitrogens is 2. The first-order valence-electron chi connectivity index (χ1n) is 9.50. The van der Waals surface area contributed by atoms with E-state index < -0.39 is 35.0 Å². The Hall–Kier alpha value is -3.59. The number of hydrogen-bond donors (Lipinski definition) is 2. The minimum Gasteiger partial charge on any atom is -0.373 e. The molecule has 1 atom stereocenters. The summed E-state index contributed by atoms with van der Waals surface area (Å²) in [5.74, 6) is -2.99.